The average molecular weight is 354 g/mol. The highest BCUT2D eigenvalue weighted by molar-refractivity contribution is 9.10. The maximum atomic E-state index is 13.7. The van der Waals surface area contributed by atoms with Crippen molar-refractivity contribution in [2.24, 2.45) is 0 Å². The van der Waals surface area contributed by atoms with Gasteiger partial charge in [-0.15, -0.1) is 0 Å². The molecule has 0 aliphatic rings. The van der Waals surface area contributed by atoms with Crippen molar-refractivity contribution in [3.8, 4) is 5.75 Å². The van der Waals surface area contributed by atoms with Crippen molar-refractivity contribution in [1.82, 2.24) is 0 Å². The van der Waals surface area contributed by atoms with Gasteiger partial charge < -0.3 is 15.2 Å². The summed E-state index contributed by atoms with van der Waals surface area (Å²) in [6.45, 7) is -0.162. The second-order valence-corrected chi connectivity index (χ2v) is 5.12. The first-order valence-corrected chi connectivity index (χ1v) is 6.85. The minimum atomic E-state index is -0.565. The molecule has 21 heavy (non-hydrogen) atoms. The molecule has 0 heterocycles. The third-order valence-corrected chi connectivity index (χ3v) is 3.57. The predicted molar refractivity (Wildman–Crippen MR) is 80.6 cm³/mol. The Balaban J connectivity index is 2.05. The van der Waals surface area contributed by atoms with E-state index < -0.39 is 11.8 Å². The number of halogens is 2. The first kappa shape index (κ1) is 15.3. The van der Waals surface area contributed by atoms with Gasteiger partial charge in [-0.1, -0.05) is 0 Å². The summed E-state index contributed by atoms with van der Waals surface area (Å²) in [7, 11) is 1.45. The van der Waals surface area contributed by atoms with Gasteiger partial charge >= 0.3 is 5.97 Å². The molecule has 0 radical (unpaired) electrons. The molecule has 4 nitrogen and oxygen atoms in total. The Labute approximate surface area is 129 Å². The molecular formula is C15H13BrFNO3. The number of ether oxygens (including phenoxy) is 2. The van der Waals surface area contributed by atoms with Crippen molar-refractivity contribution in [1.29, 1.82) is 0 Å². The van der Waals surface area contributed by atoms with E-state index in [1.807, 2.05) is 0 Å². The van der Waals surface area contributed by atoms with Crippen molar-refractivity contribution in [3.05, 3.63) is 57.8 Å². The highest BCUT2D eigenvalue weighted by Gasteiger charge is 2.11. The molecule has 2 N–H and O–H groups in total. The van der Waals surface area contributed by atoms with Gasteiger partial charge in [-0.05, 0) is 46.3 Å². The molecule has 2 aromatic rings. The highest BCUT2D eigenvalue weighted by atomic mass is 79.9. The third kappa shape index (κ3) is 3.72. The van der Waals surface area contributed by atoms with Crippen molar-refractivity contribution >= 4 is 27.6 Å². The van der Waals surface area contributed by atoms with E-state index >= 15 is 0 Å². The zero-order valence-electron chi connectivity index (χ0n) is 11.2. The van der Waals surface area contributed by atoms with Crippen LogP contribution < -0.4 is 10.5 Å². The quantitative estimate of drug-likeness (QED) is 0.674. The van der Waals surface area contributed by atoms with E-state index in [1.54, 1.807) is 18.2 Å². The Bertz CT molecular complexity index is 676. The van der Waals surface area contributed by atoms with E-state index in [0.717, 1.165) is 0 Å². The fourth-order valence-corrected chi connectivity index (χ4v) is 1.92. The first-order chi connectivity index (χ1) is 10.0. The lowest BCUT2D eigenvalue weighted by Gasteiger charge is -2.08. The molecule has 0 saturated carbocycles. The standard InChI is InChI=1S/C15H13BrFNO3/c1-20-11-4-2-10(13(17)7-11)8-21-15(19)9-3-5-12(16)14(18)6-9/h2-7H,8,18H2,1H3. The fourth-order valence-electron chi connectivity index (χ4n) is 1.67. The number of benzene rings is 2. The molecule has 0 spiro atoms. The second-order valence-electron chi connectivity index (χ2n) is 4.27. The van der Waals surface area contributed by atoms with Crippen LogP contribution in [0, 0.1) is 5.82 Å². The number of rotatable bonds is 4. The van der Waals surface area contributed by atoms with E-state index in [1.165, 1.54) is 25.3 Å². The van der Waals surface area contributed by atoms with Crippen LogP contribution in [0.15, 0.2) is 40.9 Å². The Morgan fingerprint density at radius 2 is 2.05 bits per heavy atom. The second kappa shape index (κ2) is 6.58. The lowest BCUT2D eigenvalue weighted by Crippen LogP contribution is -2.07. The number of esters is 1. The monoisotopic (exact) mass is 353 g/mol. The molecule has 0 saturated heterocycles. The Kier molecular flexibility index (Phi) is 4.80. The zero-order chi connectivity index (χ0) is 15.4. The van der Waals surface area contributed by atoms with Crippen LogP contribution in [0.3, 0.4) is 0 Å². The maximum absolute atomic E-state index is 13.7. The van der Waals surface area contributed by atoms with Crippen molar-refractivity contribution in [2.75, 3.05) is 12.8 Å². The smallest absolute Gasteiger partial charge is 0.338 e. The molecule has 0 aliphatic heterocycles. The van der Waals surface area contributed by atoms with Crippen LogP contribution in [-0.2, 0) is 11.3 Å². The minimum absolute atomic E-state index is 0.162. The van der Waals surface area contributed by atoms with Gasteiger partial charge in [0.1, 0.15) is 18.2 Å². The summed E-state index contributed by atoms with van der Waals surface area (Å²) in [5, 5.41) is 0. The molecule has 0 unspecified atom stereocenters. The van der Waals surface area contributed by atoms with Gasteiger partial charge in [0, 0.05) is 21.8 Å². The van der Waals surface area contributed by atoms with Crippen LogP contribution in [0.4, 0.5) is 10.1 Å². The Morgan fingerprint density at radius 1 is 1.29 bits per heavy atom. The summed E-state index contributed by atoms with van der Waals surface area (Å²) >= 11 is 3.24. The van der Waals surface area contributed by atoms with Crippen LogP contribution in [0.1, 0.15) is 15.9 Å². The molecule has 6 heteroatoms. The van der Waals surface area contributed by atoms with Crippen molar-refractivity contribution < 1.29 is 18.7 Å². The van der Waals surface area contributed by atoms with Crippen LogP contribution in [0.5, 0.6) is 5.75 Å². The number of hydrogen-bond acceptors (Lipinski definition) is 4. The summed E-state index contributed by atoms with van der Waals surface area (Å²) in [5.74, 6) is -0.648. The minimum Gasteiger partial charge on any atom is -0.497 e. The number of hydrogen-bond donors (Lipinski definition) is 1. The molecular weight excluding hydrogens is 341 g/mol. The largest absolute Gasteiger partial charge is 0.497 e. The Morgan fingerprint density at radius 3 is 2.67 bits per heavy atom. The third-order valence-electron chi connectivity index (χ3n) is 2.85. The van der Waals surface area contributed by atoms with E-state index in [-0.39, 0.29) is 12.2 Å². The van der Waals surface area contributed by atoms with Crippen molar-refractivity contribution in [2.45, 2.75) is 6.61 Å². The molecule has 0 fully saturated rings. The molecule has 0 aromatic heterocycles. The average Bonchev–Trinajstić information content (AvgIpc) is 2.48. The molecule has 0 bridgehead atoms. The number of methoxy groups -OCH3 is 1. The van der Waals surface area contributed by atoms with E-state index in [9.17, 15) is 9.18 Å². The lowest BCUT2D eigenvalue weighted by molar-refractivity contribution is 0.0469. The molecule has 2 aromatic carbocycles. The van der Waals surface area contributed by atoms with Gasteiger partial charge in [0.15, 0.2) is 0 Å². The number of carbonyl (C=O) groups is 1. The number of carbonyl (C=O) groups excluding carboxylic acids is 1. The van der Waals surface area contributed by atoms with Crippen LogP contribution >= 0.6 is 15.9 Å². The van der Waals surface area contributed by atoms with Gasteiger partial charge in [-0.25, -0.2) is 9.18 Å². The lowest BCUT2D eigenvalue weighted by atomic mass is 10.2. The van der Waals surface area contributed by atoms with E-state index in [2.05, 4.69) is 15.9 Å². The summed E-state index contributed by atoms with van der Waals surface area (Å²) < 4.78 is 24.4. The van der Waals surface area contributed by atoms with Gasteiger partial charge in [0.05, 0.1) is 12.7 Å². The number of nitrogen functional groups attached to an aromatic ring is 1. The number of nitrogens with two attached hydrogens (primary N) is 1. The SMILES string of the molecule is COc1ccc(COC(=O)c2ccc(Br)c(N)c2)c(F)c1. The fraction of sp³-hybridized carbons (Fsp3) is 0.133. The summed E-state index contributed by atoms with van der Waals surface area (Å²) in [6.07, 6.45) is 0. The highest BCUT2D eigenvalue weighted by Crippen LogP contribution is 2.21. The van der Waals surface area contributed by atoms with Gasteiger partial charge in [-0.3, -0.25) is 0 Å². The zero-order valence-corrected chi connectivity index (χ0v) is 12.8. The Hall–Kier alpha value is -2.08. The van der Waals surface area contributed by atoms with Gasteiger partial charge in [-0.2, -0.15) is 0 Å². The van der Waals surface area contributed by atoms with Crippen LogP contribution in [-0.4, -0.2) is 13.1 Å². The summed E-state index contributed by atoms with van der Waals surface area (Å²) in [5.41, 5.74) is 6.71. The first-order valence-electron chi connectivity index (χ1n) is 6.06. The number of anilines is 1. The normalized spacial score (nSPS) is 10.2. The summed E-state index contributed by atoms with van der Waals surface area (Å²) in [6, 6.07) is 9.08. The van der Waals surface area contributed by atoms with Gasteiger partial charge in [0.2, 0.25) is 0 Å². The molecule has 2 rings (SSSR count). The predicted octanol–water partition coefficient (Wildman–Crippen LogP) is 3.54. The summed E-state index contributed by atoms with van der Waals surface area (Å²) in [4.78, 5) is 11.9. The topological polar surface area (TPSA) is 61.5 Å². The molecule has 0 amide bonds. The van der Waals surface area contributed by atoms with Crippen LogP contribution in [0.2, 0.25) is 0 Å². The van der Waals surface area contributed by atoms with Crippen molar-refractivity contribution in [3.63, 3.8) is 0 Å². The van der Waals surface area contributed by atoms with Gasteiger partial charge in [0.25, 0.3) is 0 Å². The molecule has 0 aliphatic carbocycles. The molecule has 0 atom stereocenters. The van der Waals surface area contributed by atoms with Crippen LogP contribution in [0.25, 0.3) is 0 Å². The maximum Gasteiger partial charge on any atom is 0.338 e. The van der Waals surface area contributed by atoms with E-state index in [0.29, 0.717) is 21.5 Å². The van der Waals surface area contributed by atoms with E-state index in [4.69, 9.17) is 15.2 Å². The molecule has 110 valence electrons.